The lowest BCUT2D eigenvalue weighted by Crippen LogP contribution is -2.57. The van der Waals surface area contributed by atoms with E-state index in [2.05, 4.69) is 5.32 Å². The van der Waals surface area contributed by atoms with E-state index in [1.807, 2.05) is 0 Å². The van der Waals surface area contributed by atoms with E-state index in [0.29, 0.717) is 46.9 Å². The van der Waals surface area contributed by atoms with Gasteiger partial charge in [0.15, 0.2) is 11.5 Å². The van der Waals surface area contributed by atoms with Gasteiger partial charge >= 0.3 is 0 Å². The first-order valence-corrected chi connectivity index (χ1v) is 12.9. The van der Waals surface area contributed by atoms with Gasteiger partial charge in [0, 0.05) is 35.7 Å². The molecule has 1 heterocycles. The smallest absolute Gasteiger partial charge is 0.247 e. The molecule has 9 nitrogen and oxygen atoms in total. The minimum Gasteiger partial charge on any atom is -0.493 e. The maximum Gasteiger partial charge on any atom is 0.247 e. The molecule has 194 valence electrons. The van der Waals surface area contributed by atoms with Crippen molar-refractivity contribution in [1.82, 2.24) is 10.2 Å². The number of amides is 2. The second-order valence-corrected chi connectivity index (χ2v) is 10.3. The molecule has 0 radical (unpaired) electrons. The molecule has 4 atom stereocenters. The molecule has 0 bridgehead atoms. The van der Waals surface area contributed by atoms with Gasteiger partial charge in [-0.3, -0.25) is 14.4 Å². The normalized spacial score (nSPS) is 26.9. The Labute approximate surface area is 210 Å². The van der Waals surface area contributed by atoms with Crippen LogP contribution < -0.4 is 14.8 Å². The topological polar surface area (TPSA) is 125 Å². The van der Waals surface area contributed by atoms with Crippen molar-refractivity contribution in [3.8, 4) is 11.5 Å². The first-order valence-electron chi connectivity index (χ1n) is 12.9. The van der Waals surface area contributed by atoms with Gasteiger partial charge in [-0.2, -0.15) is 0 Å². The molecule has 9 heteroatoms. The van der Waals surface area contributed by atoms with Gasteiger partial charge in [-0.15, -0.1) is 0 Å². The molecule has 0 aromatic heterocycles. The third kappa shape index (κ3) is 4.50. The Hall–Kier alpha value is -2.91. The number of nitrogens with zero attached hydrogens (tertiary/aromatic N) is 1. The number of hydrogen-bond donors (Lipinski definition) is 3. The van der Waals surface area contributed by atoms with Gasteiger partial charge in [0.1, 0.15) is 18.5 Å². The van der Waals surface area contributed by atoms with Gasteiger partial charge in [0.2, 0.25) is 11.8 Å². The van der Waals surface area contributed by atoms with Crippen LogP contribution in [-0.2, 0) is 9.59 Å². The van der Waals surface area contributed by atoms with Crippen molar-refractivity contribution in [3.63, 3.8) is 0 Å². The lowest BCUT2D eigenvalue weighted by molar-refractivity contribution is -0.141. The molecule has 2 amide bonds. The number of methoxy groups -OCH3 is 1. The van der Waals surface area contributed by atoms with E-state index in [9.17, 15) is 24.6 Å². The van der Waals surface area contributed by atoms with Crippen molar-refractivity contribution in [2.24, 2.45) is 11.8 Å². The minimum absolute atomic E-state index is 0.0320. The van der Waals surface area contributed by atoms with Gasteiger partial charge in [-0.25, -0.2) is 0 Å². The van der Waals surface area contributed by atoms with Crippen molar-refractivity contribution in [1.29, 1.82) is 0 Å². The summed E-state index contributed by atoms with van der Waals surface area (Å²) in [4.78, 5) is 40.3. The van der Waals surface area contributed by atoms with E-state index >= 15 is 0 Å². The maximum absolute atomic E-state index is 13.6. The van der Waals surface area contributed by atoms with E-state index in [1.54, 1.807) is 23.1 Å². The van der Waals surface area contributed by atoms with Gasteiger partial charge in [0.05, 0.1) is 25.7 Å². The predicted octanol–water partition coefficient (Wildman–Crippen LogP) is 1.56. The van der Waals surface area contributed by atoms with Crippen LogP contribution in [-0.4, -0.2) is 78.3 Å². The highest BCUT2D eigenvalue weighted by molar-refractivity contribution is 5.96. The summed E-state index contributed by atoms with van der Waals surface area (Å²) in [5.74, 6) is 0.0486. The molecular weight excluding hydrogens is 464 g/mol. The summed E-state index contributed by atoms with van der Waals surface area (Å²) < 4.78 is 11.7. The monoisotopic (exact) mass is 498 g/mol. The summed E-state index contributed by atoms with van der Waals surface area (Å²) in [6, 6.07) is 2.49. The van der Waals surface area contributed by atoms with Gasteiger partial charge in [-0.1, -0.05) is 12.8 Å². The molecule has 36 heavy (non-hydrogen) atoms. The second-order valence-electron chi connectivity index (χ2n) is 10.3. The summed E-state index contributed by atoms with van der Waals surface area (Å²) >= 11 is 0. The summed E-state index contributed by atoms with van der Waals surface area (Å²) in [6.07, 6.45) is 6.31. The zero-order valence-corrected chi connectivity index (χ0v) is 20.5. The fraction of sp³-hybridized carbons (Fsp3) is 0.593. The van der Waals surface area contributed by atoms with Crippen LogP contribution in [0.4, 0.5) is 0 Å². The third-order valence-corrected chi connectivity index (χ3v) is 7.91. The first kappa shape index (κ1) is 24.8. The molecule has 2 saturated carbocycles. The first-order chi connectivity index (χ1) is 17.5. The van der Waals surface area contributed by atoms with Crippen molar-refractivity contribution in [3.05, 3.63) is 34.9 Å². The number of aliphatic hydroxyl groups excluding tert-OH is 2. The SMILES string of the molecule is COc1cc(C=O)cc2c1O[C@@H]1[C@@H](O)[C@H](N(CC3CC3)C(=O)C3CCCC3)C=C(C(=O)NCCO)[C@H]21. The van der Waals surface area contributed by atoms with E-state index in [0.717, 1.165) is 38.5 Å². The van der Waals surface area contributed by atoms with E-state index < -0.39 is 30.1 Å². The number of ether oxygens (including phenoxy) is 2. The number of carbonyl (C=O) groups excluding carboxylic acids is 3. The molecule has 0 unspecified atom stereocenters. The summed E-state index contributed by atoms with van der Waals surface area (Å²) in [5.41, 5.74) is 1.31. The second kappa shape index (κ2) is 10.2. The molecule has 1 aromatic rings. The van der Waals surface area contributed by atoms with Crippen molar-refractivity contribution in [2.45, 2.75) is 62.7 Å². The number of aliphatic hydroxyl groups is 2. The quantitative estimate of drug-likeness (QED) is 0.441. The van der Waals surface area contributed by atoms with E-state index in [4.69, 9.17) is 9.47 Å². The van der Waals surface area contributed by atoms with Crippen molar-refractivity contribution >= 4 is 18.1 Å². The van der Waals surface area contributed by atoms with Gasteiger partial charge < -0.3 is 29.9 Å². The fourth-order valence-corrected chi connectivity index (χ4v) is 5.90. The van der Waals surface area contributed by atoms with Crippen molar-refractivity contribution in [2.75, 3.05) is 26.8 Å². The highest BCUT2D eigenvalue weighted by atomic mass is 16.5. The Kier molecular flexibility index (Phi) is 7.03. The number of carbonyl (C=O) groups is 3. The summed E-state index contributed by atoms with van der Waals surface area (Å²) in [7, 11) is 1.47. The molecule has 3 aliphatic carbocycles. The molecule has 5 rings (SSSR count). The van der Waals surface area contributed by atoms with Gasteiger partial charge in [-0.05, 0) is 49.8 Å². The lowest BCUT2D eigenvalue weighted by atomic mass is 9.77. The van der Waals surface area contributed by atoms with Crippen LogP contribution in [0.3, 0.4) is 0 Å². The molecule has 0 saturated heterocycles. The van der Waals surface area contributed by atoms with Gasteiger partial charge in [0.25, 0.3) is 0 Å². The third-order valence-electron chi connectivity index (χ3n) is 7.91. The Morgan fingerprint density at radius 3 is 2.61 bits per heavy atom. The molecule has 3 N–H and O–H groups in total. The standard InChI is InChI=1S/C27H34N2O7/c1-35-21-11-16(14-31)10-18-22-19(26(33)28-8-9-30)12-20(23(32)25(22)36-24(18)21)29(13-15-6-7-15)27(34)17-4-2-3-5-17/h10-12,14-15,17,20,22-23,25,30,32H,2-9,13H2,1H3,(H,28,33)/t20-,22+,23+,25+/m1/s1. The number of nitrogens with one attached hydrogen (secondary N) is 1. The Balaban J connectivity index is 1.57. The Morgan fingerprint density at radius 2 is 1.97 bits per heavy atom. The largest absolute Gasteiger partial charge is 0.493 e. The average Bonchev–Trinajstić information content (AvgIpc) is 3.38. The van der Waals surface area contributed by atoms with E-state index in [-0.39, 0.29) is 25.0 Å². The number of hydrogen-bond acceptors (Lipinski definition) is 7. The highest BCUT2D eigenvalue weighted by Gasteiger charge is 2.52. The summed E-state index contributed by atoms with van der Waals surface area (Å²) in [5, 5.41) is 23.6. The summed E-state index contributed by atoms with van der Waals surface area (Å²) in [6.45, 7) is 0.393. The molecular formula is C27H34N2O7. The van der Waals surface area contributed by atoms with Crippen LogP contribution in [0.25, 0.3) is 0 Å². The fourth-order valence-electron chi connectivity index (χ4n) is 5.90. The maximum atomic E-state index is 13.6. The van der Waals surface area contributed by atoms with Crippen molar-refractivity contribution < 1.29 is 34.1 Å². The molecule has 4 aliphatic rings. The molecule has 0 spiro atoms. The molecule has 1 aromatic carbocycles. The Bertz CT molecular complexity index is 1060. The average molecular weight is 499 g/mol. The number of aldehydes is 1. The van der Waals surface area contributed by atoms with Crippen LogP contribution >= 0.6 is 0 Å². The number of benzene rings is 1. The number of rotatable bonds is 9. The van der Waals surface area contributed by atoms with Crippen LogP contribution in [0.1, 0.15) is 60.4 Å². The molecule has 1 aliphatic heterocycles. The minimum atomic E-state index is -1.08. The zero-order valence-electron chi connectivity index (χ0n) is 20.5. The van der Waals surface area contributed by atoms with Crippen LogP contribution in [0.15, 0.2) is 23.8 Å². The molecule has 2 fully saturated rings. The van der Waals surface area contributed by atoms with E-state index in [1.165, 1.54) is 7.11 Å². The highest BCUT2D eigenvalue weighted by Crippen LogP contribution is 2.51. The zero-order chi connectivity index (χ0) is 25.4. The lowest BCUT2D eigenvalue weighted by Gasteiger charge is -2.41. The van der Waals surface area contributed by atoms with Crippen LogP contribution in [0, 0.1) is 11.8 Å². The Morgan fingerprint density at radius 1 is 1.22 bits per heavy atom. The van der Waals surface area contributed by atoms with Crippen LogP contribution in [0.5, 0.6) is 11.5 Å². The number of fused-ring (bicyclic) bond motifs is 3. The van der Waals surface area contributed by atoms with Crippen LogP contribution in [0.2, 0.25) is 0 Å². The predicted molar refractivity (Wildman–Crippen MR) is 130 cm³/mol.